The van der Waals surface area contributed by atoms with E-state index in [1.807, 2.05) is 17.0 Å². The monoisotopic (exact) mass is 303 g/mol. The summed E-state index contributed by atoms with van der Waals surface area (Å²) >= 11 is 0. The molecule has 120 valence electrons. The van der Waals surface area contributed by atoms with Crippen LogP contribution in [0.2, 0.25) is 0 Å². The Balaban J connectivity index is 1.70. The molecule has 2 atom stereocenters. The van der Waals surface area contributed by atoms with Crippen LogP contribution < -0.4 is 5.32 Å². The second-order valence-corrected chi connectivity index (χ2v) is 6.62. The summed E-state index contributed by atoms with van der Waals surface area (Å²) in [4.78, 5) is 18.8. The van der Waals surface area contributed by atoms with Crippen LogP contribution >= 0.6 is 0 Å². The number of hydrogen-bond donors (Lipinski definition) is 1. The maximum absolute atomic E-state index is 12.8. The normalized spacial score (nSPS) is 23.4. The lowest BCUT2D eigenvalue weighted by Gasteiger charge is -2.37. The van der Waals surface area contributed by atoms with Gasteiger partial charge < -0.3 is 15.0 Å². The van der Waals surface area contributed by atoms with Crippen LogP contribution in [-0.4, -0.2) is 41.7 Å². The van der Waals surface area contributed by atoms with Crippen molar-refractivity contribution in [2.24, 2.45) is 11.8 Å². The Morgan fingerprint density at radius 2 is 2.09 bits per heavy atom. The van der Waals surface area contributed by atoms with Crippen molar-refractivity contribution in [1.82, 2.24) is 15.2 Å². The molecule has 1 aliphatic heterocycles. The fourth-order valence-corrected chi connectivity index (χ4v) is 3.17. The van der Waals surface area contributed by atoms with Crippen molar-refractivity contribution in [3.05, 3.63) is 30.1 Å². The summed E-state index contributed by atoms with van der Waals surface area (Å²) in [6.45, 7) is 6.26. The Morgan fingerprint density at radius 3 is 2.73 bits per heavy atom. The lowest BCUT2D eigenvalue weighted by atomic mass is 9.97. The largest absolute Gasteiger partial charge is 0.377 e. The molecule has 2 aliphatic rings. The highest BCUT2D eigenvalue weighted by atomic mass is 16.5. The molecule has 0 bridgehead atoms. The minimum absolute atomic E-state index is 0.0122. The summed E-state index contributed by atoms with van der Waals surface area (Å²) in [5.74, 6) is 0.955. The minimum Gasteiger partial charge on any atom is -0.377 e. The molecule has 1 saturated heterocycles. The molecule has 0 unspecified atom stereocenters. The smallest absolute Gasteiger partial charge is 0.318 e. The molecule has 2 amide bonds. The molecule has 1 saturated carbocycles. The van der Waals surface area contributed by atoms with Crippen molar-refractivity contribution >= 4 is 6.03 Å². The van der Waals surface area contributed by atoms with Gasteiger partial charge in [0.1, 0.15) is 0 Å². The van der Waals surface area contributed by atoms with E-state index in [0.29, 0.717) is 31.6 Å². The standard InChI is InChI=1S/C17H25N3O2/c1-12(2)16(14-5-7-18-8-6-14)19-17(21)20-9-10-22-11-15(20)13-3-4-13/h5-8,12-13,15-16H,3-4,9-11H2,1-2H3,(H,19,21)/t15-,16-/m1/s1. The van der Waals surface area contributed by atoms with Gasteiger partial charge in [-0.15, -0.1) is 0 Å². The third kappa shape index (κ3) is 3.40. The molecule has 0 radical (unpaired) electrons. The fourth-order valence-electron chi connectivity index (χ4n) is 3.17. The number of pyridine rings is 1. The number of ether oxygens (including phenoxy) is 1. The molecule has 5 nitrogen and oxygen atoms in total. The van der Waals surface area contributed by atoms with Gasteiger partial charge in [-0.05, 0) is 42.4 Å². The number of morpholine rings is 1. The van der Waals surface area contributed by atoms with E-state index in [9.17, 15) is 4.79 Å². The van der Waals surface area contributed by atoms with E-state index in [-0.39, 0.29) is 18.1 Å². The third-order valence-corrected chi connectivity index (χ3v) is 4.60. The minimum atomic E-state index is 0.0122. The van der Waals surface area contributed by atoms with Gasteiger partial charge in [-0.25, -0.2) is 4.79 Å². The van der Waals surface area contributed by atoms with Gasteiger partial charge in [0.25, 0.3) is 0 Å². The summed E-state index contributed by atoms with van der Waals surface area (Å²) in [5.41, 5.74) is 1.11. The van der Waals surface area contributed by atoms with Crippen LogP contribution in [0.15, 0.2) is 24.5 Å². The average Bonchev–Trinajstić information content (AvgIpc) is 3.38. The molecule has 0 aromatic carbocycles. The van der Waals surface area contributed by atoms with Crippen molar-refractivity contribution < 1.29 is 9.53 Å². The number of amides is 2. The van der Waals surface area contributed by atoms with Gasteiger partial charge in [0.2, 0.25) is 0 Å². The molecule has 1 N–H and O–H groups in total. The molecule has 2 heterocycles. The Hall–Kier alpha value is -1.62. The molecular weight excluding hydrogens is 278 g/mol. The number of hydrogen-bond acceptors (Lipinski definition) is 3. The van der Waals surface area contributed by atoms with Crippen molar-refractivity contribution in [1.29, 1.82) is 0 Å². The van der Waals surface area contributed by atoms with E-state index in [0.717, 1.165) is 5.56 Å². The topological polar surface area (TPSA) is 54.5 Å². The third-order valence-electron chi connectivity index (χ3n) is 4.60. The number of carbonyl (C=O) groups excluding carboxylic acids is 1. The van der Waals surface area contributed by atoms with Crippen LogP contribution in [0.4, 0.5) is 4.79 Å². The predicted octanol–water partition coefficient (Wildman–Crippen LogP) is 2.60. The second kappa shape index (κ2) is 6.65. The number of rotatable bonds is 4. The van der Waals surface area contributed by atoms with Gasteiger partial charge in [-0.2, -0.15) is 0 Å². The van der Waals surface area contributed by atoms with Gasteiger partial charge in [0.15, 0.2) is 0 Å². The molecule has 0 spiro atoms. The molecule has 5 heteroatoms. The van der Waals surface area contributed by atoms with Gasteiger partial charge >= 0.3 is 6.03 Å². The maximum atomic E-state index is 12.8. The van der Waals surface area contributed by atoms with Gasteiger partial charge in [0, 0.05) is 18.9 Å². The van der Waals surface area contributed by atoms with E-state index in [1.165, 1.54) is 12.8 Å². The summed E-state index contributed by atoms with van der Waals surface area (Å²) in [5, 5.41) is 3.22. The lowest BCUT2D eigenvalue weighted by Crippen LogP contribution is -2.54. The van der Waals surface area contributed by atoms with E-state index in [1.54, 1.807) is 12.4 Å². The first kappa shape index (κ1) is 15.3. The summed E-state index contributed by atoms with van der Waals surface area (Å²) < 4.78 is 5.57. The van der Waals surface area contributed by atoms with Crippen molar-refractivity contribution in [2.45, 2.75) is 38.8 Å². The average molecular weight is 303 g/mol. The quantitative estimate of drug-likeness (QED) is 0.930. The first-order valence-corrected chi connectivity index (χ1v) is 8.21. The summed E-state index contributed by atoms with van der Waals surface area (Å²) in [6.07, 6.45) is 5.99. The molecule has 1 aromatic heterocycles. The highest BCUT2D eigenvalue weighted by Gasteiger charge is 2.39. The zero-order valence-corrected chi connectivity index (χ0v) is 13.4. The first-order chi connectivity index (χ1) is 10.7. The fraction of sp³-hybridized carbons (Fsp3) is 0.647. The van der Waals surface area contributed by atoms with Gasteiger partial charge in [-0.3, -0.25) is 4.98 Å². The van der Waals surface area contributed by atoms with Crippen LogP contribution in [-0.2, 0) is 4.74 Å². The van der Waals surface area contributed by atoms with Crippen LogP contribution in [0, 0.1) is 11.8 Å². The van der Waals surface area contributed by atoms with E-state index in [2.05, 4.69) is 24.1 Å². The zero-order valence-electron chi connectivity index (χ0n) is 13.4. The second-order valence-electron chi connectivity index (χ2n) is 6.62. The van der Waals surface area contributed by atoms with Crippen LogP contribution in [0.3, 0.4) is 0 Å². The van der Waals surface area contributed by atoms with E-state index < -0.39 is 0 Å². The molecule has 1 aromatic rings. The summed E-state index contributed by atoms with van der Waals surface area (Å²) in [7, 11) is 0. The van der Waals surface area contributed by atoms with Crippen molar-refractivity contribution in [3.63, 3.8) is 0 Å². The Kier molecular flexibility index (Phi) is 4.62. The van der Waals surface area contributed by atoms with Crippen molar-refractivity contribution in [2.75, 3.05) is 19.8 Å². The maximum Gasteiger partial charge on any atom is 0.318 e. The molecule has 22 heavy (non-hydrogen) atoms. The van der Waals surface area contributed by atoms with Gasteiger partial charge in [0.05, 0.1) is 25.3 Å². The summed E-state index contributed by atoms with van der Waals surface area (Å²) in [6, 6.07) is 4.25. The highest BCUT2D eigenvalue weighted by Crippen LogP contribution is 2.36. The van der Waals surface area contributed by atoms with E-state index >= 15 is 0 Å². The Labute approximate surface area is 132 Å². The predicted molar refractivity (Wildman–Crippen MR) is 84.4 cm³/mol. The SMILES string of the molecule is CC(C)[C@@H](NC(=O)N1CCOC[C@@H]1C1CC1)c1ccncc1. The number of carbonyl (C=O) groups is 1. The number of aromatic nitrogens is 1. The molecule has 2 fully saturated rings. The molecule has 3 rings (SSSR count). The van der Waals surface area contributed by atoms with Crippen LogP contribution in [0.25, 0.3) is 0 Å². The molecule has 1 aliphatic carbocycles. The highest BCUT2D eigenvalue weighted by molar-refractivity contribution is 5.75. The van der Waals surface area contributed by atoms with Gasteiger partial charge in [-0.1, -0.05) is 13.8 Å². The van der Waals surface area contributed by atoms with Crippen LogP contribution in [0.1, 0.15) is 38.3 Å². The van der Waals surface area contributed by atoms with Crippen molar-refractivity contribution in [3.8, 4) is 0 Å². The molecular formula is C17H25N3O2. The number of nitrogens with one attached hydrogen (secondary N) is 1. The number of nitrogens with zero attached hydrogens (tertiary/aromatic N) is 2. The van der Waals surface area contributed by atoms with E-state index in [4.69, 9.17) is 4.74 Å². The Bertz CT molecular complexity index is 502. The first-order valence-electron chi connectivity index (χ1n) is 8.21. The lowest BCUT2D eigenvalue weighted by molar-refractivity contribution is 0.00378. The Morgan fingerprint density at radius 1 is 1.36 bits per heavy atom. The zero-order chi connectivity index (χ0) is 15.5. The van der Waals surface area contributed by atoms with Crippen LogP contribution in [0.5, 0.6) is 0 Å². The number of urea groups is 1.